The summed E-state index contributed by atoms with van der Waals surface area (Å²) in [6.07, 6.45) is 3.54. The van der Waals surface area contributed by atoms with Gasteiger partial charge in [-0.25, -0.2) is 10.9 Å². The fourth-order valence-electron chi connectivity index (χ4n) is 4.26. The first-order valence-corrected chi connectivity index (χ1v) is 11.3. The molecule has 0 radical (unpaired) electrons. The molecule has 1 aromatic carbocycles. The molecule has 3 N–H and O–H groups in total. The van der Waals surface area contributed by atoms with E-state index >= 15 is 0 Å². The minimum Gasteiger partial charge on any atom is -0.497 e. The summed E-state index contributed by atoms with van der Waals surface area (Å²) in [5.74, 6) is 0.667. The van der Waals surface area contributed by atoms with Crippen molar-refractivity contribution in [1.29, 1.82) is 0 Å². The maximum Gasteiger partial charge on any atom is 0.241 e. The molecule has 2 unspecified atom stereocenters. The number of amides is 2. The topological polar surface area (TPSA) is 105 Å². The Bertz CT molecular complexity index is 998. The Morgan fingerprint density at radius 1 is 1.15 bits per heavy atom. The number of carbonyl (C=O) groups excluding carboxylic acids is 2. The first-order chi connectivity index (χ1) is 16.0. The molecular formula is C23H28ClN5O4. The number of halogens is 1. The largest absolute Gasteiger partial charge is 0.497 e. The highest BCUT2D eigenvalue weighted by molar-refractivity contribution is 6.34. The van der Waals surface area contributed by atoms with E-state index in [0.717, 1.165) is 5.69 Å². The second-order valence-electron chi connectivity index (χ2n) is 8.16. The van der Waals surface area contributed by atoms with Crippen LogP contribution in [-0.4, -0.2) is 55.0 Å². The fraction of sp³-hybridized carbons (Fsp3) is 0.435. The number of hydrazine groups is 1. The highest BCUT2D eigenvalue weighted by atomic mass is 35.5. The molecule has 0 bridgehead atoms. The van der Waals surface area contributed by atoms with Gasteiger partial charge in [0, 0.05) is 37.3 Å². The van der Waals surface area contributed by atoms with Gasteiger partial charge in [0.2, 0.25) is 11.8 Å². The summed E-state index contributed by atoms with van der Waals surface area (Å²) in [4.78, 5) is 32.1. The molecule has 33 heavy (non-hydrogen) atoms. The van der Waals surface area contributed by atoms with Gasteiger partial charge in [0.25, 0.3) is 0 Å². The van der Waals surface area contributed by atoms with Crippen molar-refractivity contribution >= 4 is 29.1 Å². The average molecular weight is 474 g/mol. The molecule has 1 aromatic heterocycles. The van der Waals surface area contributed by atoms with E-state index in [1.165, 1.54) is 14.2 Å². The number of methoxy groups -OCH3 is 2. The summed E-state index contributed by atoms with van der Waals surface area (Å²) >= 11 is 6.32. The molecular weight excluding hydrogens is 446 g/mol. The van der Waals surface area contributed by atoms with Gasteiger partial charge in [0.05, 0.1) is 31.0 Å². The van der Waals surface area contributed by atoms with E-state index in [9.17, 15) is 9.59 Å². The number of likely N-dealkylation sites (tertiary alicyclic amines) is 1. The molecule has 176 valence electrons. The minimum absolute atomic E-state index is 0.00677. The van der Waals surface area contributed by atoms with Gasteiger partial charge in [-0.1, -0.05) is 17.7 Å². The van der Waals surface area contributed by atoms with Gasteiger partial charge in [-0.2, -0.15) is 0 Å². The van der Waals surface area contributed by atoms with Crippen LogP contribution in [0.3, 0.4) is 0 Å². The Morgan fingerprint density at radius 3 is 2.61 bits per heavy atom. The molecule has 2 atom stereocenters. The molecule has 9 nitrogen and oxygen atoms in total. The van der Waals surface area contributed by atoms with Crippen LogP contribution < -0.4 is 25.6 Å². The first kappa shape index (κ1) is 23.3. The van der Waals surface area contributed by atoms with Gasteiger partial charge in [0.15, 0.2) is 0 Å². The van der Waals surface area contributed by atoms with E-state index in [1.54, 1.807) is 18.3 Å². The molecule has 2 aliphatic heterocycles. The molecule has 0 saturated carbocycles. The summed E-state index contributed by atoms with van der Waals surface area (Å²) in [6.45, 7) is 1.05. The van der Waals surface area contributed by atoms with Crippen LogP contribution in [0.2, 0.25) is 5.02 Å². The molecule has 3 heterocycles. The maximum absolute atomic E-state index is 13.0. The van der Waals surface area contributed by atoms with Crippen molar-refractivity contribution in [3.05, 3.63) is 47.2 Å². The maximum atomic E-state index is 13.0. The fourth-order valence-corrected chi connectivity index (χ4v) is 4.51. The second-order valence-corrected chi connectivity index (χ2v) is 8.57. The van der Waals surface area contributed by atoms with E-state index < -0.39 is 0 Å². The highest BCUT2D eigenvalue weighted by Crippen LogP contribution is 2.37. The average Bonchev–Trinajstić information content (AvgIpc) is 3.35. The third-order valence-corrected chi connectivity index (χ3v) is 6.45. The predicted octanol–water partition coefficient (Wildman–Crippen LogP) is 2.54. The number of ether oxygens (including phenoxy) is 2. The van der Waals surface area contributed by atoms with E-state index in [1.807, 2.05) is 23.1 Å². The lowest BCUT2D eigenvalue weighted by Gasteiger charge is -2.33. The normalized spacial score (nSPS) is 21.0. The zero-order valence-electron chi connectivity index (χ0n) is 18.6. The molecule has 0 aliphatic carbocycles. The molecule has 0 spiro atoms. The molecule has 2 aromatic rings. The predicted molar refractivity (Wildman–Crippen MR) is 124 cm³/mol. The summed E-state index contributed by atoms with van der Waals surface area (Å²) in [6, 6.07) is 8.72. The number of benzene rings is 1. The summed E-state index contributed by atoms with van der Waals surface area (Å²) in [5.41, 5.74) is 7.59. The van der Waals surface area contributed by atoms with Crippen LogP contribution >= 0.6 is 11.6 Å². The molecule has 2 amide bonds. The van der Waals surface area contributed by atoms with Crippen LogP contribution in [0.5, 0.6) is 11.5 Å². The van der Waals surface area contributed by atoms with Crippen LogP contribution in [0.15, 0.2) is 36.5 Å². The van der Waals surface area contributed by atoms with Crippen molar-refractivity contribution in [3.8, 4) is 11.5 Å². The smallest absolute Gasteiger partial charge is 0.241 e. The SMILES string of the molecule is COc1cc(Cl)c(NC(=O)C2CCN(C(=O)C3CC(c4ccccn4)NN3)CC2)c(OC)c1. The third-order valence-electron chi connectivity index (χ3n) is 6.15. The van der Waals surface area contributed by atoms with E-state index in [-0.39, 0.29) is 29.8 Å². The number of rotatable bonds is 6. The monoisotopic (exact) mass is 473 g/mol. The van der Waals surface area contributed by atoms with Gasteiger partial charge in [-0.15, -0.1) is 0 Å². The summed E-state index contributed by atoms with van der Waals surface area (Å²) in [5, 5.41) is 3.23. The zero-order valence-corrected chi connectivity index (χ0v) is 19.4. The molecule has 4 rings (SSSR count). The van der Waals surface area contributed by atoms with Crippen LogP contribution in [0.4, 0.5) is 5.69 Å². The van der Waals surface area contributed by atoms with E-state index in [0.29, 0.717) is 54.6 Å². The zero-order chi connectivity index (χ0) is 23.4. The summed E-state index contributed by atoms with van der Waals surface area (Å²) < 4.78 is 10.5. The van der Waals surface area contributed by atoms with Gasteiger partial charge >= 0.3 is 0 Å². The molecule has 10 heteroatoms. The third kappa shape index (κ3) is 5.21. The van der Waals surface area contributed by atoms with Crippen molar-refractivity contribution in [2.75, 3.05) is 32.6 Å². The lowest BCUT2D eigenvalue weighted by atomic mass is 9.95. The van der Waals surface area contributed by atoms with Crippen molar-refractivity contribution in [2.24, 2.45) is 5.92 Å². The van der Waals surface area contributed by atoms with Gasteiger partial charge in [0.1, 0.15) is 23.2 Å². The van der Waals surface area contributed by atoms with Crippen molar-refractivity contribution in [1.82, 2.24) is 20.7 Å². The minimum atomic E-state index is -0.315. The first-order valence-electron chi connectivity index (χ1n) is 10.9. The van der Waals surface area contributed by atoms with Crippen LogP contribution in [0.25, 0.3) is 0 Å². The quantitative estimate of drug-likeness (QED) is 0.592. The van der Waals surface area contributed by atoms with Gasteiger partial charge in [-0.3, -0.25) is 14.6 Å². The van der Waals surface area contributed by atoms with Crippen LogP contribution in [0.1, 0.15) is 31.0 Å². The number of hydrogen-bond donors (Lipinski definition) is 3. The van der Waals surface area contributed by atoms with Gasteiger partial charge < -0.3 is 19.7 Å². The number of anilines is 1. The lowest BCUT2D eigenvalue weighted by molar-refractivity contribution is -0.136. The van der Waals surface area contributed by atoms with Crippen LogP contribution in [-0.2, 0) is 9.59 Å². The lowest BCUT2D eigenvalue weighted by Crippen LogP contribution is -2.49. The number of aromatic nitrogens is 1. The second kappa shape index (κ2) is 10.4. The number of nitrogens with zero attached hydrogens (tertiary/aromatic N) is 2. The Labute approximate surface area is 197 Å². The highest BCUT2D eigenvalue weighted by Gasteiger charge is 2.36. The summed E-state index contributed by atoms with van der Waals surface area (Å²) in [7, 11) is 3.05. The van der Waals surface area contributed by atoms with Gasteiger partial charge in [-0.05, 0) is 31.4 Å². The number of hydrogen-bond acceptors (Lipinski definition) is 7. The molecule has 2 fully saturated rings. The molecule has 2 aliphatic rings. The standard InChI is InChI=1S/C23H28ClN5O4/c1-32-15-11-16(24)21(20(12-15)33-2)26-22(30)14-6-9-29(10-7-14)23(31)19-13-18(27-28-19)17-5-3-4-8-25-17/h3-5,8,11-12,14,18-19,27-28H,6-7,9-10,13H2,1-2H3,(H,26,30). The molecule has 2 saturated heterocycles. The number of pyridine rings is 1. The van der Waals surface area contributed by atoms with Crippen molar-refractivity contribution in [2.45, 2.75) is 31.3 Å². The van der Waals surface area contributed by atoms with E-state index in [4.69, 9.17) is 21.1 Å². The number of carbonyl (C=O) groups is 2. The van der Waals surface area contributed by atoms with Crippen molar-refractivity contribution < 1.29 is 19.1 Å². The number of piperidine rings is 1. The van der Waals surface area contributed by atoms with Crippen molar-refractivity contribution in [3.63, 3.8) is 0 Å². The Balaban J connectivity index is 1.31. The van der Waals surface area contributed by atoms with E-state index in [2.05, 4.69) is 21.2 Å². The Morgan fingerprint density at radius 2 is 1.94 bits per heavy atom. The van der Waals surface area contributed by atoms with Crippen LogP contribution in [0, 0.1) is 5.92 Å². The number of nitrogens with one attached hydrogen (secondary N) is 3. The Kier molecular flexibility index (Phi) is 7.32. The Hall–Kier alpha value is -2.88.